The van der Waals surface area contributed by atoms with E-state index in [0.717, 1.165) is 10.2 Å². The number of Topliss-reactive ketones (excluding diaryl/α,β-unsaturated/α-hetero) is 1. The molecule has 0 saturated carbocycles. The predicted molar refractivity (Wildman–Crippen MR) is 93.4 cm³/mol. The van der Waals surface area contributed by atoms with Crippen LogP contribution in [-0.4, -0.2) is 31.7 Å². The quantitative estimate of drug-likeness (QED) is 0.470. The average molecular weight is 410 g/mol. The van der Waals surface area contributed by atoms with E-state index in [2.05, 4.69) is 31.5 Å². The van der Waals surface area contributed by atoms with Crippen LogP contribution in [-0.2, 0) is 0 Å². The summed E-state index contributed by atoms with van der Waals surface area (Å²) in [5.74, 6) is 0.246. The van der Waals surface area contributed by atoms with Crippen molar-refractivity contribution in [2.24, 2.45) is 0 Å². The Labute approximate surface area is 150 Å². The molecule has 1 aromatic heterocycles. The Kier molecular flexibility index (Phi) is 5.09. The molecule has 5 nitrogen and oxygen atoms in total. The fourth-order valence-electron chi connectivity index (χ4n) is 1.86. The summed E-state index contributed by atoms with van der Waals surface area (Å²) in [5, 5.41) is 12.8. The molecule has 1 heterocycles. The van der Waals surface area contributed by atoms with Crippen LogP contribution in [0.1, 0.15) is 10.4 Å². The molecule has 0 atom stereocenters. The molecule has 0 fully saturated rings. The van der Waals surface area contributed by atoms with Gasteiger partial charge in [0, 0.05) is 15.1 Å². The largest absolute Gasteiger partial charge is 0.293 e. The second-order valence-corrected chi connectivity index (χ2v) is 6.86. The summed E-state index contributed by atoms with van der Waals surface area (Å²) in [4.78, 5) is 12.2. The van der Waals surface area contributed by atoms with E-state index < -0.39 is 0 Å². The highest BCUT2D eigenvalue weighted by Crippen LogP contribution is 2.21. The van der Waals surface area contributed by atoms with Gasteiger partial charge in [-0.25, -0.2) is 0 Å². The minimum absolute atomic E-state index is 0.00276. The molecule has 0 bridgehead atoms. The molecule has 0 aliphatic heterocycles. The van der Waals surface area contributed by atoms with E-state index in [1.807, 2.05) is 24.3 Å². The number of tetrazole rings is 1. The lowest BCUT2D eigenvalue weighted by molar-refractivity contribution is 0.102. The van der Waals surface area contributed by atoms with Crippen molar-refractivity contribution < 1.29 is 4.79 Å². The average Bonchev–Trinajstić information content (AvgIpc) is 3.02. The SMILES string of the molecule is O=C(CSc1nnnn1-c1ccc(Br)cc1)c1ccc(Cl)cc1. The molecule has 8 heteroatoms. The summed E-state index contributed by atoms with van der Waals surface area (Å²) in [6.45, 7) is 0. The minimum atomic E-state index is -0.00276. The molecular weight excluding hydrogens is 400 g/mol. The molecule has 3 aromatic rings. The molecule has 0 radical (unpaired) electrons. The second-order valence-electron chi connectivity index (χ2n) is 4.57. The van der Waals surface area contributed by atoms with Gasteiger partial charge in [-0.05, 0) is 59.0 Å². The normalized spacial score (nSPS) is 10.7. The third-order valence-corrected chi connectivity index (χ3v) is 4.71. The van der Waals surface area contributed by atoms with E-state index >= 15 is 0 Å². The molecule has 0 amide bonds. The third-order valence-electron chi connectivity index (χ3n) is 3.01. The molecule has 2 aromatic carbocycles. The zero-order chi connectivity index (χ0) is 16.2. The molecule has 0 N–H and O–H groups in total. The zero-order valence-electron chi connectivity index (χ0n) is 11.7. The van der Waals surface area contributed by atoms with Gasteiger partial charge in [0.2, 0.25) is 5.16 Å². The topological polar surface area (TPSA) is 60.7 Å². The van der Waals surface area contributed by atoms with Crippen molar-refractivity contribution in [1.29, 1.82) is 0 Å². The van der Waals surface area contributed by atoms with Gasteiger partial charge in [-0.15, -0.1) is 5.10 Å². The standard InChI is InChI=1S/C15H10BrClN4OS/c16-11-3-7-13(8-4-11)21-15(18-19-20-21)23-9-14(22)10-1-5-12(17)6-2-10/h1-8H,9H2. The van der Waals surface area contributed by atoms with E-state index in [-0.39, 0.29) is 11.5 Å². The lowest BCUT2D eigenvalue weighted by Gasteiger charge is -2.04. The molecule has 116 valence electrons. The van der Waals surface area contributed by atoms with Crippen LogP contribution in [0, 0.1) is 0 Å². The number of carbonyl (C=O) groups excluding carboxylic acids is 1. The van der Waals surface area contributed by atoms with Gasteiger partial charge < -0.3 is 0 Å². The Hall–Kier alpha value is -1.70. The smallest absolute Gasteiger partial charge is 0.214 e. The highest BCUT2D eigenvalue weighted by atomic mass is 79.9. The van der Waals surface area contributed by atoms with Gasteiger partial charge in [-0.2, -0.15) is 4.68 Å². The monoisotopic (exact) mass is 408 g/mol. The van der Waals surface area contributed by atoms with Crippen LogP contribution in [0.4, 0.5) is 0 Å². The Morgan fingerprint density at radius 3 is 2.52 bits per heavy atom. The Morgan fingerprint density at radius 1 is 1.13 bits per heavy atom. The first-order chi connectivity index (χ1) is 11.1. The molecule has 23 heavy (non-hydrogen) atoms. The maximum absolute atomic E-state index is 12.2. The van der Waals surface area contributed by atoms with Crippen molar-refractivity contribution in [3.63, 3.8) is 0 Å². The number of halogens is 2. The zero-order valence-corrected chi connectivity index (χ0v) is 14.8. The predicted octanol–water partition coefficient (Wildman–Crippen LogP) is 4.05. The summed E-state index contributed by atoms with van der Waals surface area (Å²) < 4.78 is 2.58. The van der Waals surface area contributed by atoms with Gasteiger partial charge in [0.05, 0.1) is 11.4 Å². The number of nitrogens with zero attached hydrogens (tertiary/aromatic N) is 4. The van der Waals surface area contributed by atoms with Crippen molar-refractivity contribution >= 4 is 45.1 Å². The van der Waals surface area contributed by atoms with Crippen molar-refractivity contribution in [1.82, 2.24) is 20.2 Å². The number of rotatable bonds is 5. The molecule has 0 aliphatic carbocycles. The highest BCUT2D eigenvalue weighted by molar-refractivity contribution is 9.10. The van der Waals surface area contributed by atoms with Crippen molar-refractivity contribution in [2.45, 2.75) is 5.16 Å². The van der Waals surface area contributed by atoms with Gasteiger partial charge in [0.25, 0.3) is 0 Å². The van der Waals surface area contributed by atoms with Crippen LogP contribution in [0.3, 0.4) is 0 Å². The summed E-state index contributed by atoms with van der Waals surface area (Å²) in [6.07, 6.45) is 0. The summed E-state index contributed by atoms with van der Waals surface area (Å²) in [6, 6.07) is 14.4. The highest BCUT2D eigenvalue weighted by Gasteiger charge is 2.12. The lowest BCUT2D eigenvalue weighted by atomic mass is 10.1. The van der Waals surface area contributed by atoms with Crippen LogP contribution in [0.2, 0.25) is 5.02 Å². The Morgan fingerprint density at radius 2 is 1.83 bits per heavy atom. The van der Waals surface area contributed by atoms with E-state index in [4.69, 9.17) is 11.6 Å². The van der Waals surface area contributed by atoms with E-state index in [1.165, 1.54) is 11.8 Å². The van der Waals surface area contributed by atoms with E-state index in [1.54, 1.807) is 28.9 Å². The summed E-state index contributed by atoms with van der Waals surface area (Å²) in [7, 11) is 0. The van der Waals surface area contributed by atoms with Crippen LogP contribution >= 0.6 is 39.3 Å². The first-order valence-corrected chi connectivity index (χ1v) is 8.75. The third kappa shape index (κ3) is 3.99. The van der Waals surface area contributed by atoms with Crippen LogP contribution in [0.25, 0.3) is 5.69 Å². The van der Waals surface area contributed by atoms with Crippen LogP contribution < -0.4 is 0 Å². The fourth-order valence-corrected chi connectivity index (χ4v) is 3.04. The first-order valence-electron chi connectivity index (χ1n) is 6.59. The Bertz CT molecular complexity index is 820. The van der Waals surface area contributed by atoms with Crippen molar-refractivity contribution in [3.05, 3.63) is 63.6 Å². The van der Waals surface area contributed by atoms with E-state index in [0.29, 0.717) is 15.7 Å². The number of hydrogen-bond acceptors (Lipinski definition) is 5. The Balaban J connectivity index is 1.72. The number of aromatic nitrogens is 4. The van der Waals surface area contributed by atoms with Crippen LogP contribution in [0.5, 0.6) is 0 Å². The minimum Gasteiger partial charge on any atom is -0.293 e. The number of ketones is 1. The second kappa shape index (κ2) is 7.25. The number of thioether (sulfide) groups is 1. The van der Waals surface area contributed by atoms with Crippen molar-refractivity contribution in [2.75, 3.05) is 5.75 Å². The number of benzene rings is 2. The van der Waals surface area contributed by atoms with Gasteiger partial charge in [-0.3, -0.25) is 4.79 Å². The number of hydrogen-bond donors (Lipinski definition) is 0. The maximum atomic E-state index is 12.2. The van der Waals surface area contributed by atoms with Crippen molar-refractivity contribution in [3.8, 4) is 5.69 Å². The van der Waals surface area contributed by atoms with Gasteiger partial charge in [-0.1, -0.05) is 39.3 Å². The number of carbonyl (C=O) groups is 1. The molecule has 0 unspecified atom stereocenters. The molecule has 0 spiro atoms. The van der Waals surface area contributed by atoms with Crippen LogP contribution in [0.15, 0.2) is 58.2 Å². The molecule has 0 aliphatic rings. The van der Waals surface area contributed by atoms with Gasteiger partial charge in [0.1, 0.15) is 0 Å². The first kappa shape index (κ1) is 16.2. The van der Waals surface area contributed by atoms with Gasteiger partial charge >= 0.3 is 0 Å². The molecule has 0 saturated heterocycles. The summed E-state index contributed by atoms with van der Waals surface area (Å²) >= 11 is 10.5. The maximum Gasteiger partial charge on any atom is 0.214 e. The molecular formula is C15H10BrClN4OS. The van der Waals surface area contributed by atoms with Gasteiger partial charge in [0.15, 0.2) is 5.78 Å². The summed E-state index contributed by atoms with van der Waals surface area (Å²) in [5.41, 5.74) is 1.45. The lowest BCUT2D eigenvalue weighted by Crippen LogP contribution is -2.04. The van der Waals surface area contributed by atoms with E-state index in [9.17, 15) is 4.79 Å². The fraction of sp³-hybridized carbons (Fsp3) is 0.0667. The molecule has 3 rings (SSSR count).